The summed E-state index contributed by atoms with van der Waals surface area (Å²) < 4.78 is 18.4. The Morgan fingerprint density at radius 1 is 1.45 bits per heavy atom. The minimum Gasteiger partial charge on any atom is -0.494 e. The number of carboxylic acid groups (broad SMARTS) is 1. The van der Waals surface area contributed by atoms with Gasteiger partial charge in [-0.15, -0.1) is 0 Å². The second-order valence-corrected chi connectivity index (χ2v) is 4.50. The first-order valence-corrected chi connectivity index (χ1v) is 6.23. The lowest BCUT2D eigenvalue weighted by molar-refractivity contribution is -0.137. The fourth-order valence-corrected chi connectivity index (χ4v) is 1.93. The number of rotatable bonds is 7. The van der Waals surface area contributed by atoms with E-state index in [0.29, 0.717) is 18.4 Å². The van der Waals surface area contributed by atoms with Gasteiger partial charge >= 0.3 is 5.97 Å². The maximum absolute atomic E-state index is 13.6. The van der Waals surface area contributed by atoms with Crippen molar-refractivity contribution in [2.45, 2.75) is 32.2 Å². The summed E-state index contributed by atoms with van der Waals surface area (Å²) in [5, 5.41) is 11.4. The summed E-state index contributed by atoms with van der Waals surface area (Å²) in [5.74, 6) is -1.50. The number of nitrogens with one attached hydrogen (secondary N) is 1. The number of carboxylic acids is 1. The summed E-state index contributed by atoms with van der Waals surface area (Å²) in [5.41, 5.74) is 0.674. The number of carbonyl (C=O) groups is 2. The number of halogens is 1. The van der Waals surface area contributed by atoms with Crippen LogP contribution < -0.4 is 10.1 Å². The second kappa shape index (κ2) is 7.47. The molecule has 5 nitrogen and oxygen atoms in total. The fraction of sp³-hybridized carbons (Fsp3) is 0.429. The van der Waals surface area contributed by atoms with Crippen molar-refractivity contribution in [2.75, 3.05) is 7.11 Å². The Balaban J connectivity index is 2.74. The third-order valence-corrected chi connectivity index (χ3v) is 2.81. The van der Waals surface area contributed by atoms with Gasteiger partial charge in [0, 0.05) is 19.4 Å². The second-order valence-electron chi connectivity index (χ2n) is 4.50. The van der Waals surface area contributed by atoms with Crippen LogP contribution in [0.15, 0.2) is 18.2 Å². The molecule has 0 aromatic heterocycles. The van der Waals surface area contributed by atoms with Crippen molar-refractivity contribution in [3.63, 3.8) is 0 Å². The molecule has 0 aliphatic rings. The summed E-state index contributed by atoms with van der Waals surface area (Å²) >= 11 is 0. The van der Waals surface area contributed by atoms with Crippen molar-refractivity contribution in [1.29, 1.82) is 0 Å². The molecule has 1 rings (SSSR count). The van der Waals surface area contributed by atoms with Gasteiger partial charge in [-0.3, -0.25) is 9.59 Å². The number of ether oxygens (including phenoxy) is 1. The molecule has 20 heavy (non-hydrogen) atoms. The Bertz CT molecular complexity index is 490. The average Bonchev–Trinajstić information content (AvgIpc) is 2.35. The molecule has 2 N–H and O–H groups in total. The van der Waals surface area contributed by atoms with Gasteiger partial charge in [-0.2, -0.15) is 0 Å². The molecule has 0 radical (unpaired) electrons. The first-order valence-electron chi connectivity index (χ1n) is 6.23. The zero-order valence-corrected chi connectivity index (χ0v) is 11.5. The van der Waals surface area contributed by atoms with E-state index in [1.165, 1.54) is 26.2 Å². The highest BCUT2D eigenvalue weighted by atomic mass is 19.1. The van der Waals surface area contributed by atoms with Crippen molar-refractivity contribution in [1.82, 2.24) is 5.32 Å². The van der Waals surface area contributed by atoms with Gasteiger partial charge in [-0.25, -0.2) is 4.39 Å². The molecule has 0 bridgehead atoms. The van der Waals surface area contributed by atoms with E-state index in [2.05, 4.69) is 5.32 Å². The van der Waals surface area contributed by atoms with E-state index in [1.54, 1.807) is 6.07 Å². The van der Waals surface area contributed by atoms with Gasteiger partial charge in [0.1, 0.15) is 0 Å². The quantitative estimate of drug-likeness (QED) is 0.799. The third kappa shape index (κ3) is 5.26. The van der Waals surface area contributed by atoms with Crippen LogP contribution in [0.2, 0.25) is 0 Å². The van der Waals surface area contributed by atoms with Crippen LogP contribution in [0.3, 0.4) is 0 Å². The summed E-state index contributed by atoms with van der Waals surface area (Å²) in [6.07, 6.45) is 0.611. The SMILES string of the molecule is COc1ccc(CC(CCC(=O)O)NC(C)=O)cc1F. The van der Waals surface area contributed by atoms with E-state index in [0.717, 1.165) is 0 Å². The Morgan fingerprint density at radius 2 is 2.15 bits per heavy atom. The number of aliphatic carboxylic acids is 1. The smallest absolute Gasteiger partial charge is 0.303 e. The molecule has 0 fully saturated rings. The Morgan fingerprint density at radius 3 is 2.65 bits per heavy atom. The monoisotopic (exact) mass is 283 g/mol. The molecule has 1 unspecified atom stereocenters. The molecular formula is C14H18FNO4. The molecule has 0 saturated carbocycles. The van der Waals surface area contributed by atoms with Crippen LogP contribution in [0.5, 0.6) is 5.75 Å². The maximum Gasteiger partial charge on any atom is 0.303 e. The lowest BCUT2D eigenvalue weighted by Crippen LogP contribution is -2.35. The molecule has 110 valence electrons. The minimum absolute atomic E-state index is 0.0520. The van der Waals surface area contributed by atoms with Crippen molar-refractivity contribution >= 4 is 11.9 Å². The van der Waals surface area contributed by atoms with Gasteiger partial charge in [0.05, 0.1) is 7.11 Å². The highest BCUT2D eigenvalue weighted by molar-refractivity contribution is 5.73. The van der Waals surface area contributed by atoms with E-state index >= 15 is 0 Å². The van der Waals surface area contributed by atoms with Gasteiger partial charge in [-0.1, -0.05) is 6.07 Å². The first-order chi connectivity index (χ1) is 9.42. The van der Waals surface area contributed by atoms with Gasteiger partial charge < -0.3 is 15.2 Å². The van der Waals surface area contributed by atoms with Crippen LogP contribution in [-0.4, -0.2) is 30.1 Å². The van der Waals surface area contributed by atoms with E-state index < -0.39 is 11.8 Å². The molecule has 0 spiro atoms. The Labute approximate surface area is 116 Å². The Kier molecular flexibility index (Phi) is 5.96. The number of benzene rings is 1. The van der Waals surface area contributed by atoms with Gasteiger partial charge in [0.25, 0.3) is 0 Å². The first kappa shape index (κ1) is 15.9. The number of hydrogen-bond donors (Lipinski definition) is 2. The number of carbonyl (C=O) groups excluding carboxylic acids is 1. The molecule has 0 heterocycles. The van der Waals surface area contributed by atoms with Gasteiger partial charge in [-0.05, 0) is 30.5 Å². The van der Waals surface area contributed by atoms with Crippen molar-refractivity contribution in [3.8, 4) is 5.75 Å². The summed E-state index contributed by atoms with van der Waals surface area (Å²) in [7, 11) is 1.38. The molecule has 0 aliphatic carbocycles. The molecular weight excluding hydrogens is 265 g/mol. The average molecular weight is 283 g/mol. The zero-order chi connectivity index (χ0) is 15.1. The van der Waals surface area contributed by atoms with Gasteiger partial charge in [0.15, 0.2) is 11.6 Å². The molecule has 1 amide bonds. The molecule has 6 heteroatoms. The predicted molar refractivity (Wildman–Crippen MR) is 71.1 cm³/mol. The van der Waals surface area contributed by atoms with E-state index in [1.807, 2.05) is 0 Å². The van der Waals surface area contributed by atoms with Crippen LogP contribution >= 0.6 is 0 Å². The van der Waals surface area contributed by atoms with E-state index in [4.69, 9.17) is 9.84 Å². The number of hydrogen-bond acceptors (Lipinski definition) is 3. The van der Waals surface area contributed by atoms with Gasteiger partial charge in [0.2, 0.25) is 5.91 Å². The maximum atomic E-state index is 13.6. The summed E-state index contributed by atoms with van der Waals surface area (Å²) in [6, 6.07) is 4.19. The highest BCUT2D eigenvalue weighted by Gasteiger charge is 2.14. The highest BCUT2D eigenvalue weighted by Crippen LogP contribution is 2.19. The van der Waals surface area contributed by atoms with E-state index in [-0.39, 0.29) is 24.1 Å². The molecule has 1 aromatic rings. The van der Waals surface area contributed by atoms with Crippen LogP contribution in [0.1, 0.15) is 25.3 Å². The molecule has 0 aliphatic heterocycles. The lowest BCUT2D eigenvalue weighted by atomic mass is 10.0. The molecule has 0 saturated heterocycles. The van der Waals surface area contributed by atoms with E-state index in [9.17, 15) is 14.0 Å². The van der Waals surface area contributed by atoms with Crippen LogP contribution in [0.4, 0.5) is 4.39 Å². The van der Waals surface area contributed by atoms with Crippen LogP contribution in [-0.2, 0) is 16.0 Å². The lowest BCUT2D eigenvalue weighted by Gasteiger charge is -2.17. The Hall–Kier alpha value is -2.11. The fourth-order valence-electron chi connectivity index (χ4n) is 1.93. The normalized spacial score (nSPS) is 11.8. The van der Waals surface area contributed by atoms with Crippen molar-refractivity contribution < 1.29 is 23.8 Å². The predicted octanol–water partition coefficient (Wildman–Crippen LogP) is 1.75. The van der Waals surface area contributed by atoms with Crippen LogP contribution in [0, 0.1) is 5.82 Å². The van der Waals surface area contributed by atoms with Crippen molar-refractivity contribution in [3.05, 3.63) is 29.6 Å². The zero-order valence-electron chi connectivity index (χ0n) is 11.5. The third-order valence-electron chi connectivity index (χ3n) is 2.81. The number of methoxy groups -OCH3 is 1. The minimum atomic E-state index is -0.929. The summed E-state index contributed by atoms with van der Waals surface area (Å²) in [4.78, 5) is 21.7. The standard InChI is InChI=1S/C14H18FNO4/c1-9(17)16-11(4-6-14(18)19)7-10-3-5-13(20-2)12(15)8-10/h3,5,8,11H,4,6-7H2,1-2H3,(H,16,17)(H,18,19). The number of amides is 1. The van der Waals surface area contributed by atoms with Crippen molar-refractivity contribution in [2.24, 2.45) is 0 Å². The summed E-state index contributed by atoms with van der Waals surface area (Å²) in [6.45, 7) is 1.36. The molecule has 1 atom stereocenters. The largest absolute Gasteiger partial charge is 0.494 e. The topological polar surface area (TPSA) is 75.6 Å². The molecule has 1 aromatic carbocycles. The van der Waals surface area contributed by atoms with Crippen LogP contribution in [0.25, 0.3) is 0 Å².